The van der Waals surface area contributed by atoms with Gasteiger partial charge in [-0.3, -0.25) is 9.32 Å². The molecular weight excluding hydrogens is 459 g/mol. The Morgan fingerprint density at radius 1 is 1.16 bits per heavy atom. The van der Waals surface area contributed by atoms with Gasteiger partial charge in [0.1, 0.15) is 24.4 Å². The van der Waals surface area contributed by atoms with Gasteiger partial charge in [0.15, 0.2) is 0 Å². The molecule has 0 aromatic rings. The first-order valence-electron chi connectivity index (χ1n) is 9.83. The summed E-state index contributed by atoms with van der Waals surface area (Å²) in [5.74, 6) is 0.142. The summed E-state index contributed by atoms with van der Waals surface area (Å²) in [4.78, 5) is 41.0. The first-order chi connectivity index (χ1) is 14.5. The van der Waals surface area contributed by atoms with Crippen LogP contribution in [0.3, 0.4) is 0 Å². The van der Waals surface area contributed by atoms with Crippen molar-refractivity contribution in [2.45, 2.75) is 73.7 Å². The summed E-state index contributed by atoms with van der Waals surface area (Å²) in [7, 11) is -4.85. The first-order valence-corrected chi connectivity index (χ1v) is 12.4. The van der Waals surface area contributed by atoms with E-state index in [0.717, 1.165) is 12.2 Å². The number of hydrogen-bond acceptors (Lipinski definition) is 10. The van der Waals surface area contributed by atoms with Crippen LogP contribution >= 0.6 is 19.6 Å². The Morgan fingerprint density at radius 2 is 1.90 bits per heavy atom. The molecule has 0 aliphatic carbocycles. The molecule has 0 aromatic heterocycles. The molecule has 3 saturated heterocycles. The topological polar surface area (TPSA) is 204 Å². The molecule has 0 bridgehead atoms. The van der Waals surface area contributed by atoms with E-state index < -0.39 is 51.1 Å². The van der Waals surface area contributed by atoms with E-state index in [2.05, 4.69) is 15.2 Å². The summed E-state index contributed by atoms with van der Waals surface area (Å²) in [5.41, 5.74) is 0. The number of amides is 2. The van der Waals surface area contributed by atoms with Crippen LogP contribution in [0.25, 0.3) is 0 Å². The van der Waals surface area contributed by atoms with Gasteiger partial charge in [0.25, 0.3) is 0 Å². The van der Waals surface area contributed by atoms with Crippen molar-refractivity contribution in [2.75, 3.05) is 12.4 Å². The predicted octanol–water partition coefficient (Wildman–Crippen LogP) is -1.83. The molecule has 178 valence electrons. The van der Waals surface area contributed by atoms with Crippen LogP contribution in [0.5, 0.6) is 0 Å². The molecule has 3 aliphatic rings. The number of nitrogens with one attached hydrogen (secondary N) is 2. The van der Waals surface area contributed by atoms with Crippen molar-refractivity contribution in [2.24, 2.45) is 0 Å². The molecule has 13 nitrogen and oxygen atoms in total. The number of thioether (sulfide) groups is 1. The molecule has 0 aromatic carbocycles. The van der Waals surface area contributed by atoms with Gasteiger partial charge in [-0.05, 0) is 12.8 Å². The summed E-state index contributed by atoms with van der Waals surface area (Å²) in [5, 5.41) is 35.8. The second-order valence-corrected chi connectivity index (χ2v) is 10.2. The van der Waals surface area contributed by atoms with Crippen LogP contribution in [0.1, 0.15) is 25.7 Å². The summed E-state index contributed by atoms with van der Waals surface area (Å²) >= 11 is 1.77. The Bertz CT molecular complexity index is 709. The lowest BCUT2D eigenvalue weighted by molar-refractivity contribution is -0.292. The summed E-state index contributed by atoms with van der Waals surface area (Å²) < 4.78 is 25.3. The van der Waals surface area contributed by atoms with E-state index in [4.69, 9.17) is 19.3 Å². The number of rotatable bonds is 9. The van der Waals surface area contributed by atoms with Gasteiger partial charge in [0.05, 0.1) is 18.7 Å². The minimum Gasteiger partial charge on any atom is -0.433 e. The van der Waals surface area contributed by atoms with E-state index in [1.165, 1.54) is 0 Å². The van der Waals surface area contributed by atoms with Crippen LogP contribution in [0.4, 0.5) is 4.79 Å². The predicted molar refractivity (Wildman–Crippen MR) is 105 cm³/mol. The maximum atomic E-state index is 12.1. The maximum absolute atomic E-state index is 12.1. The molecule has 0 radical (unpaired) electrons. The van der Waals surface area contributed by atoms with Crippen LogP contribution in [-0.4, -0.2) is 97.5 Å². The van der Waals surface area contributed by atoms with E-state index >= 15 is 0 Å². The van der Waals surface area contributed by atoms with Crippen molar-refractivity contribution in [3.63, 3.8) is 0 Å². The third-order valence-corrected chi connectivity index (χ3v) is 7.37. The van der Waals surface area contributed by atoms with Crippen LogP contribution < -0.4 is 10.6 Å². The SMILES string of the molecule is O=C1N[C@H]2[C@H](CS[C@H]2CCCCC(=O)O[C@H]2O[C@H](COP(=O)(O)O)[C@@H](O)[C@H](O)[C@@H]2O)N1. The fraction of sp³-hybridized carbons (Fsp3) is 0.875. The van der Waals surface area contributed by atoms with Gasteiger partial charge in [-0.2, -0.15) is 11.8 Å². The third-order valence-electron chi connectivity index (χ3n) is 5.38. The van der Waals surface area contributed by atoms with E-state index in [1.807, 2.05) is 0 Å². The van der Waals surface area contributed by atoms with Gasteiger partial charge in [-0.1, -0.05) is 6.42 Å². The highest BCUT2D eigenvalue weighted by molar-refractivity contribution is 8.00. The van der Waals surface area contributed by atoms with Gasteiger partial charge < -0.3 is 45.2 Å². The fourth-order valence-electron chi connectivity index (χ4n) is 3.77. The molecule has 7 N–H and O–H groups in total. The lowest BCUT2D eigenvalue weighted by atomic mass is 9.99. The summed E-state index contributed by atoms with van der Waals surface area (Å²) in [6.07, 6.45) is -6.23. The zero-order valence-electron chi connectivity index (χ0n) is 16.4. The van der Waals surface area contributed by atoms with Crippen LogP contribution in [0.2, 0.25) is 0 Å². The lowest BCUT2D eigenvalue weighted by Crippen LogP contribution is -2.59. The summed E-state index contributed by atoms with van der Waals surface area (Å²) in [6, 6.07) is 0.0452. The largest absolute Gasteiger partial charge is 0.469 e. The molecule has 3 fully saturated rings. The van der Waals surface area contributed by atoms with Gasteiger partial charge in [0, 0.05) is 17.4 Å². The Morgan fingerprint density at radius 3 is 2.61 bits per heavy atom. The number of hydrogen-bond donors (Lipinski definition) is 7. The minimum atomic E-state index is -4.85. The standard InChI is InChI=1S/C16H27N2O11PS/c19-10(4-2-1-3-9-11-7(6-31-9)17-16(23)18-11)29-15-14(22)13(21)12(20)8(28-15)5-27-30(24,25)26/h7-9,11-15,20-22H,1-6H2,(H2,17,18,23)(H2,24,25,26)/t7-,8+,9-,11-,12+,13-,14-,15+/m0/s1. The highest BCUT2D eigenvalue weighted by Gasteiger charge is 2.46. The van der Waals surface area contributed by atoms with Gasteiger partial charge >= 0.3 is 19.8 Å². The molecule has 0 unspecified atom stereocenters. The normalized spacial score (nSPS) is 37.8. The van der Waals surface area contributed by atoms with E-state index in [0.29, 0.717) is 12.8 Å². The molecule has 31 heavy (non-hydrogen) atoms. The molecule has 8 atom stereocenters. The molecular formula is C16H27N2O11PS. The van der Waals surface area contributed by atoms with E-state index in [-0.39, 0.29) is 29.8 Å². The fourth-order valence-corrected chi connectivity index (χ4v) is 5.65. The van der Waals surface area contributed by atoms with Gasteiger partial charge in [0.2, 0.25) is 6.29 Å². The van der Waals surface area contributed by atoms with Crippen molar-refractivity contribution < 1.29 is 53.3 Å². The molecule has 0 saturated carbocycles. The molecule has 2 amide bonds. The molecule has 0 spiro atoms. The van der Waals surface area contributed by atoms with Gasteiger partial charge in [-0.25, -0.2) is 9.36 Å². The van der Waals surface area contributed by atoms with Crippen molar-refractivity contribution >= 4 is 31.6 Å². The highest BCUT2D eigenvalue weighted by Crippen LogP contribution is 2.37. The number of ether oxygens (including phenoxy) is 2. The molecule has 3 heterocycles. The number of fused-ring (bicyclic) bond motifs is 1. The number of aliphatic hydroxyl groups excluding tert-OH is 3. The van der Waals surface area contributed by atoms with Crippen molar-refractivity contribution in [3.05, 3.63) is 0 Å². The van der Waals surface area contributed by atoms with Crippen LogP contribution in [-0.2, 0) is 23.4 Å². The monoisotopic (exact) mass is 486 g/mol. The van der Waals surface area contributed by atoms with Crippen molar-refractivity contribution in [1.29, 1.82) is 0 Å². The Hall–Kier alpha value is -0.960. The number of urea groups is 1. The second kappa shape index (κ2) is 10.3. The Kier molecular flexibility index (Phi) is 8.21. The van der Waals surface area contributed by atoms with Crippen LogP contribution in [0.15, 0.2) is 0 Å². The number of esters is 1. The number of phosphoric acid groups is 1. The molecule has 3 aliphatic heterocycles. The number of aliphatic hydroxyl groups is 3. The average molecular weight is 486 g/mol. The quantitative estimate of drug-likeness (QED) is 0.0832. The maximum Gasteiger partial charge on any atom is 0.469 e. The Balaban J connectivity index is 1.40. The van der Waals surface area contributed by atoms with E-state index in [1.54, 1.807) is 11.8 Å². The summed E-state index contributed by atoms with van der Waals surface area (Å²) in [6.45, 7) is -0.782. The highest BCUT2D eigenvalue weighted by atomic mass is 32.2. The Labute approximate surface area is 182 Å². The number of phosphoric ester groups is 1. The number of unbranched alkanes of at least 4 members (excludes halogenated alkanes) is 1. The second-order valence-electron chi connectivity index (χ2n) is 7.66. The zero-order valence-corrected chi connectivity index (χ0v) is 18.1. The minimum absolute atomic E-state index is 0.0188. The number of carbonyl (C=O) groups excluding carboxylic acids is 2. The van der Waals surface area contributed by atoms with E-state index in [9.17, 15) is 29.5 Å². The molecule has 3 rings (SSSR count). The lowest BCUT2D eigenvalue weighted by Gasteiger charge is -2.39. The average Bonchev–Trinajstić information content (AvgIpc) is 3.23. The van der Waals surface area contributed by atoms with Crippen LogP contribution in [0, 0.1) is 0 Å². The zero-order chi connectivity index (χ0) is 22.8. The van der Waals surface area contributed by atoms with Crippen molar-refractivity contribution in [1.82, 2.24) is 10.6 Å². The third kappa shape index (κ3) is 6.53. The number of carbonyl (C=O) groups is 2. The molecule has 15 heteroatoms. The van der Waals surface area contributed by atoms with Crippen molar-refractivity contribution in [3.8, 4) is 0 Å². The first kappa shape index (κ1) is 24.7. The smallest absolute Gasteiger partial charge is 0.433 e. The van der Waals surface area contributed by atoms with Gasteiger partial charge in [-0.15, -0.1) is 0 Å².